The molecule has 4 heterocycles. The van der Waals surface area contributed by atoms with Gasteiger partial charge in [0, 0.05) is 36.8 Å². The lowest BCUT2D eigenvalue weighted by Gasteiger charge is -2.30. The minimum Gasteiger partial charge on any atom is -0.333 e. The number of likely N-dealkylation sites (N-methyl/N-ethyl adjacent to an activating group) is 1. The smallest absolute Gasteiger partial charge is 0.322 e. The molecule has 3 amide bonds. The highest BCUT2D eigenvalue weighted by Gasteiger charge is 2.42. The number of nitrogens with one attached hydrogen (secondary N) is 1. The average molecular weight is 354 g/mol. The van der Waals surface area contributed by atoms with Crippen LogP contribution in [-0.4, -0.2) is 46.9 Å². The number of carbonyl (C=O) groups is 2. The molecule has 2 aliphatic heterocycles. The molecular weight excluding hydrogens is 336 g/mol. The Hall–Kier alpha value is -2.67. The van der Waals surface area contributed by atoms with E-state index in [1.54, 1.807) is 34.4 Å². The van der Waals surface area contributed by atoms with Crippen LogP contribution in [0.1, 0.15) is 16.6 Å². The molecule has 2 aromatic heterocycles. The first-order valence-electron chi connectivity index (χ1n) is 8.15. The van der Waals surface area contributed by atoms with Crippen LogP contribution in [0.5, 0.6) is 0 Å². The van der Waals surface area contributed by atoms with Gasteiger partial charge in [-0.15, -0.1) is 11.3 Å². The first kappa shape index (κ1) is 15.8. The number of aromatic nitrogens is 1. The fraction of sp³-hybridized carbons (Fsp3) is 0.278. The van der Waals surface area contributed by atoms with E-state index in [9.17, 15) is 9.59 Å². The third kappa shape index (κ3) is 2.80. The monoisotopic (exact) mass is 354 g/mol. The highest BCUT2D eigenvalue weighted by molar-refractivity contribution is 7.10. The number of pyridine rings is 1. The van der Waals surface area contributed by atoms with Crippen molar-refractivity contribution in [1.82, 2.24) is 20.1 Å². The zero-order chi connectivity index (χ0) is 17.4. The van der Waals surface area contributed by atoms with Crippen molar-refractivity contribution in [2.24, 2.45) is 0 Å². The van der Waals surface area contributed by atoms with Crippen molar-refractivity contribution in [3.05, 3.63) is 63.7 Å². The van der Waals surface area contributed by atoms with Gasteiger partial charge in [-0.3, -0.25) is 14.7 Å². The van der Waals surface area contributed by atoms with Gasteiger partial charge in [0.15, 0.2) is 0 Å². The summed E-state index contributed by atoms with van der Waals surface area (Å²) in [6.07, 6.45) is 2.45. The van der Waals surface area contributed by atoms with E-state index < -0.39 is 0 Å². The van der Waals surface area contributed by atoms with E-state index in [4.69, 9.17) is 0 Å². The van der Waals surface area contributed by atoms with Crippen molar-refractivity contribution in [1.29, 1.82) is 0 Å². The minimum atomic E-state index is -0.356. The molecule has 1 unspecified atom stereocenters. The summed E-state index contributed by atoms with van der Waals surface area (Å²) in [5, 5.41) is 4.90. The summed E-state index contributed by atoms with van der Waals surface area (Å²) in [4.78, 5) is 33.9. The van der Waals surface area contributed by atoms with E-state index in [-0.39, 0.29) is 18.0 Å². The van der Waals surface area contributed by atoms with Crippen molar-refractivity contribution in [3.63, 3.8) is 0 Å². The Kier molecular flexibility index (Phi) is 4.01. The molecule has 6 nitrogen and oxygen atoms in total. The lowest BCUT2D eigenvalue weighted by Crippen LogP contribution is -2.45. The molecule has 4 rings (SSSR count). The lowest BCUT2D eigenvalue weighted by atomic mass is 10.0. The molecule has 2 aliphatic rings. The molecule has 1 N–H and O–H groups in total. The maximum Gasteiger partial charge on any atom is 0.322 e. The van der Waals surface area contributed by atoms with Gasteiger partial charge in [0.2, 0.25) is 0 Å². The van der Waals surface area contributed by atoms with Crippen LogP contribution >= 0.6 is 11.3 Å². The van der Waals surface area contributed by atoms with Gasteiger partial charge in [-0.1, -0.05) is 12.1 Å². The number of hydrogen-bond acceptors (Lipinski definition) is 4. The Labute approximate surface area is 149 Å². The van der Waals surface area contributed by atoms with E-state index in [2.05, 4.69) is 10.3 Å². The number of thiophene rings is 1. The molecule has 0 spiro atoms. The van der Waals surface area contributed by atoms with E-state index in [1.165, 1.54) is 0 Å². The van der Waals surface area contributed by atoms with Crippen LogP contribution in [0.3, 0.4) is 0 Å². The fourth-order valence-electron chi connectivity index (χ4n) is 3.27. The van der Waals surface area contributed by atoms with Crippen LogP contribution in [0.15, 0.2) is 53.2 Å². The third-order valence-corrected chi connectivity index (χ3v) is 5.56. The van der Waals surface area contributed by atoms with E-state index in [0.717, 1.165) is 16.3 Å². The van der Waals surface area contributed by atoms with Crippen molar-refractivity contribution in [2.75, 3.05) is 20.1 Å². The van der Waals surface area contributed by atoms with Gasteiger partial charge in [0.1, 0.15) is 0 Å². The van der Waals surface area contributed by atoms with Crippen LogP contribution in [0.2, 0.25) is 0 Å². The Morgan fingerprint density at radius 2 is 2.16 bits per heavy atom. The van der Waals surface area contributed by atoms with Crippen molar-refractivity contribution >= 4 is 23.3 Å². The second kappa shape index (κ2) is 6.33. The van der Waals surface area contributed by atoms with Crippen molar-refractivity contribution in [2.45, 2.75) is 12.5 Å². The molecule has 2 aromatic rings. The average Bonchev–Trinajstić information content (AvgIpc) is 3.26. The maximum atomic E-state index is 13.0. The predicted molar refractivity (Wildman–Crippen MR) is 94.9 cm³/mol. The topological polar surface area (TPSA) is 65.5 Å². The van der Waals surface area contributed by atoms with E-state index in [1.807, 2.05) is 35.7 Å². The summed E-state index contributed by atoms with van der Waals surface area (Å²) in [5.41, 5.74) is 2.44. The number of amides is 3. The van der Waals surface area contributed by atoms with Crippen LogP contribution in [0.4, 0.5) is 4.79 Å². The quantitative estimate of drug-likeness (QED) is 0.915. The molecule has 0 saturated carbocycles. The molecule has 7 heteroatoms. The van der Waals surface area contributed by atoms with E-state index >= 15 is 0 Å². The number of nitrogens with zero attached hydrogens (tertiary/aromatic N) is 3. The number of urea groups is 1. The largest absolute Gasteiger partial charge is 0.333 e. The lowest BCUT2D eigenvalue weighted by molar-refractivity contribution is -0.125. The SMILES string of the molecule is CN1C(=O)NC(c2cccs2)C2=C1CN(CCc1ccccn1)C2=O. The first-order chi connectivity index (χ1) is 12.1. The Morgan fingerprint density at radius 3 is 2.88 bits per heavy atom. The van der Waals surface area contributed by atoms with Crippen molar-refractivity contribution in [3.8, 4) is 0 Å². The first-order valence-corrected chi connectivity index (χ1v) is 9.03. The highest BCUT2D eigenvalue weighted by atomic mass is 32.1. The zero-order valence-corrected chi connectivity index (χ0v) is 14.6. The number of carbonyl (C=O) groups excluding carboxylic acids is 2. The van der Waals surface area contributed by atoms with Gasteiger partial charge in [0.25, 0.3) is 5.91 Å². The van der Waals surface area contributed by atoms with Gasteiger partial charge in [-0.25, -0.2) is 4.79 Å². The number of rotatable bonds is 4. The zero-order valence-electron chi connectivity index (χ0n) is 13.8. The molecular formula is C18H18N4O2S. The molecule has 0 fully saturated rings. The Bertz CT molecular complexity index is 832. The molecule has 0 aromatic carbocycles. The van der Waals surface area contributed by atoms with Crippen molar-refractivity contribution < 1.29 is 9.59 Å². The molecule has 25 heavy (non-hydrogen) atoms. The standard InChI is InChI=1S/C18H18N4O2S/c1-21-13-11-22(9-7-12-5-2-3-8-19-12)17(23)15(13)16(20-18(21)24)14-6-4-10-25-14/h2-6,8,10,16H,7,9,11H2,1H3,(H,20,24). The summed E-state index contributed by atoms with van der Waals surface area (Å²) in [6.45, 7) is 1.05. The normalized spacial score (nSPS) is 20.1. The molecule has 0 aliphatic carbocycles. The van der Waals surface area contributed by atoms with Crippen LogP contribution in [0.25, 0.3) is 0 Å². The van der Waals surface area contributed by atoms with E-state index in [0.29, 0.717) is 25.1 Å². The Balaban J connectivity index is 1.57. The summed E-state index contributed by atoms with van der Waals surface area (Å²) in [5.74, 6) is -0.00354. The molecule has 0 saturated heterocycles. The highest BCUT2D eigenvalue weighted by Crippen LogP contribution is 2.37. The molecule has 0 radical (unpaired) electrons. The van der Waals surface area contributed by atoms with Crippen LogP contribution in [-0.2, 0) is 11.2 Å². The summed E-state index contributed by atoms with van der Waals surface area (Å²) >= 11 is 1.55. The summed E-state index contributed by atoms with van der Waals surface area (Å²) in [6, 6.07) is 9.14. The van der Waals surface area contributed by atoms with Gasteiger partial charge in [0.05, 0.1) is 23.9 Å². The van der Waals surface area contributed by atoms with Gasteiger partial charge >= 0.3 is 6.03 Å². The summed E-state index contributed by atoms with van der Waals surface area (Å²) in [7, 11) is 1.71. The van der Waals surface area contributed by atoms with Crippen LogP contribution in [0, 0.1) is 0 Å². The molecule has 1 atom stereocenters. The van der Waals surface area contributed by atoms with Gasteiger partial charge in [-0.2, -0.15) is 0 Å². The molecule has 0 bridgehead atoms. The third-order valence-electron chi connectivity index (χ3n) is 4.63. The minimum absolute atomic E-state index is 0.00354. The van der Waals surface area contributed by atoms with Gasteiger partial charge in [-0.05, 0) is 23.6 Å². The maximum absolute atomic E-state index is 13.0. The van der Waals surface area contributed by atoms with Crippen LogP contribution < -0.4 is 5.32 Å². The second-order valence-electron chi connectivity index (χ2n) is 6.12. The second-order valence-corrected chi connectivity index (χ2v) is 7.09. The molecule has 128 valence electrons. The number of hydrogen-bond donors (Lipinski definition) is 1. The fourth-order valence-corrected chi connectivity index (χ4v) is 4.05. The Morgan fingerprint density at radius 1 is 1.28 bits per heavy atom. The predicted octanol–water partition coefficient (Wildman–Crippen LogP) is 2.18. The summed E-state index contributed by atoms with van der Waals surface area (Å²) < 4.78 is 0. The van der Waals surface area contributed by atoms with Gasteiger partial charge < -0.3 is 10.2 Å².